The molecule has 0 spiro atoms. The van der Waals surface area contributed by atoms with E-state index < -0.39 is 0 Å². The highest BCUT2D eigenvalue weighted by Crippen LogP contribution is 2.21. The average molecular weight is 198 g/mol. The fourth-order valence-electron chi connectivity index (χ4n) is 1.59. The minimum absolute atomic E-state index is 0.240. The number of carbonyl (C=O) groups is 1. The van der Waals surface area contributed by atoms with Crippen LogP contribution < -0.4 is 0 Å². The first kappa shape index (κ1) is 11.2. The number of hydrogen-bond donors (Lipinski definition) is 0. The van der Waals surface area contributed by atoms with Crippen LogP contribution in [0.15, 0.2) is 11.6 Å². The van der Waals surface area contributed by atoms with Gasteiger partial charge < -0.3 is 9.47 Å². The Morgan fingerprint density at radius 1 is 1.64 bits per heavy atom. The Labute approximate surface area is 85.1 Å². The van der Waals surface area contributed by atoms with Crippen LogP contribution in [0.25, 0.3) is 0 Å². The molecule has 0 saturated carbocycles. The van der Waals surface area contributed by atoms with Crippen LogP contribution in [0, 0.1) is 5.92 Å². The van der Waals surface area contributed by atoms with Crippen molar-refractivity contribution in [3.05, 3.63) is 11.6 Å². The van der Waals surface area contributed by atoms with Crippen molar-refractivity contribution >= 4 is 5.97 Å². The zero-order valence-corrected chi connectivity index (χ0v) is 8.91. The van der Waals surface area contributed by atoms with Crippen LogP contribution in [-0.2, 0) is 14.3 Å². The van der Waals surface area contributed by atoms with Gasteiger partial charge in [-0.25, -0.2) is 4.79 Å². The van der Waals surface area contributed by atoms with Crippen LogP contribution in [0.3, 0.4) is 0 Å². The van der Waals surface area contributed by atoms with Gasteiger partial charge in [0.25, 0.3) is 0 Å². The standard InChI is InChI=1S/C11H18O3/c1-3-14-11(12)7-9(2)10-5-4-6-13-8-10/h7,10H,3-6,8H2,1-2H3/b9-7-. The minimum Gasteiger partial charge on any atom is -0.463 e. The van der Waals surface area contributed by atoms with E-state index in [1.165, 1.54) is 0 Å². The van der Waals surface area contributed by atoms with Crippen molar-refractivity contribution in [3.63, 3.8) is 0 Å². The Morgan fingerprint density at radius 3 is 3.00 bits per heavy atom. The van der Waals surface area contributed by atoms with E-state index in [0.717, 1.165) is 31.6 Å². The number of carbonyl (C=O) groups excluding carboxylic acids is 1. The third kappa shape index (κ3) is 3.50. The summed E-state index contributed by atoms with van der Waals surface area (Å²) in [5.74, 6) is 0.156. The van der Waals surface area contributed by atoms with Crippen LogP contribution in [0.2, 0.25) is 0 Å². The van der Waals surface area contributed by atoms with Gasteiger partial charge in [-0.2, -0.15) is 0 Å². The SMILES string of the molecule is CCOC(=O)/C=C(/C)C1CCCOC1. The van der Waals surface area contributed by atoms with Gasteiger partial charge in [0.05, 0.1) is 13.2 Å². The summed E-state index contributed by atoms with van der Waals surface area (Å²) in [6, 6.07) is 0. The lowest BCUT2D eigenvalue weighted by atomic mass is 9.94. The van der Waals surface area contributed by atoms with Crippen molar-refractivity contribution < 1.29 is 14.3 Å². The smallest absolute Gasteiger partial charge is 0.330 e. The molecule has 0 radical (unpaired) electrons. The summed E-state index contributed by atoms with van der Waals surface area (Å²) in [5.41, 5.74) is 1.07. The first-order valence-electron chi connectivity index (χ1n) is 5.16. The molecule has 1 unspecified atom stereocenters. The van der Waals surface area contributed by atoms with Gasteiger partial charge in [-0.15, -0.1) is 0 Å². The Morgan fingerprint density at radius 2 is 2.43 bits per heavy atom. The topological polar surface area (TPSA) is 35.5 Å². The summed E-state index contributed by atoms with van der Waals surface area (Å²) in [5, 5.41) is 0. The fraction of sp³-hybridized carbons (Fsp3) is 0.727. The van der Waals surface area contributed by atoms with Crippen molar-refractivity contribution in [1.29, 1.82) is 0 Å². The van der Waals surface area contributed by atoms with E-state index in [1.54, 1.807) is 6.08 Å². The number of hydrogen-bond acceptors (Lipinski definition) is 3. The molecule has 80 valence electrons. The molecular formula is C11H18O3. The summed E-state index contributed by atoms with van der Waals surface area (Å²) in [6.07, 6.45) is 3.78. The van der Waals surface area contributed by atoms with Gasteiger partial charge in [0.15, 0.2) is 0 Å². The molecule has 0 aromatic rings. The van der Waals surface area contributed by atoms with Gasteiger partial charge in [0, 0.05) is 18.6 Å². The van der Waals surface area contributed by atoms with Crippen LogP contribution >= 0.6 is 0 Å². The van der Waals surface area contributed by atoms with E-state index >= 15 is 0 Å². The largest absolute Gasteiger partial charge is 0.463 e. The van der Waals surface area contributed by atoms with Crippen LogP contribution in [0.4, 0.5) is 0 Å². The maximum atomic E-state index is 11.2. The van der Waals surface area contributed by atoms with Crippen molar-refractivity contribution in [1.82, 2.24) is 0 Å². The van der Waals surface area contributed by atoms with Gasteiger partial charge in [0.1, 0.15) is 0 Å². The lowest BCUT2D eigenvalue weighted by Gasteiger charge is -2.22. The van der Waals surface area contributed by atoms with Gasteiger partial charge in [-0.1, -0.05) is 5.57 Å². The summed E-state index contributed by atoms with van der Waals surface area (Å²) in [7, 11) is 0. The first-order valence-corrected chi connectivity index (χ1v) is 5.16. The third-order valence-electron chi connectivity index (χ3n) is 2.44. The van der Waals surface area contributed by atoms with Crippen LogP contribution in [-0.4, -0.2) is 25.8 Å². The van der Waals surface area contributed by atoms with Gasteiger partial charge in [0.2, 0.25) is 0 Å². The maximum absolute atomic E-state index is 11.2. The van der Waals surface area contributed by atoms with Crippen LogP contribution in [0.5, 0.6) is 0 Å². The molecule has 0 aliphatic carbocycles. The first-order chi connectivity index (χ1) is 6.74. The lowest BCUT2D eigenvalue weighted by molar-refractivity contribution is -0.137. The highest BCUT2D eigenvalue weighted by molar-refractivity contribution is 5.82. The Balaban J connectivity index is 2.44. The molecule has 3 heteroatoms. The molecule has 1 saturated heterocycles. The summed E-state index contributed by atoms with van der Waals surface area (Å²) < 4.78 is 10.2. The molecule has 0 bridgehead atoms. The van der Waals surface area contributed by atoms with Crippen molar-refractivity contribution in [2.24, 2.45) is 5.92 Å². The number of esters is 1. The summed E-state index contributed by atoms with van der Waals surface area (Å²) >= 11 is 0. The Kier molecular flexibility index (Phi) is 4.66. The fourth-order valence-corrected chi connectivity index (χ4v) is 1.59. The molecule has 1 heterocycles. The van der Waals surface area contributed by atoms with E-state index in [1.807, 2.05) is 13.8 Å². The third-order valence-corrected chi connectivity index (χ3v) is 2.44. The monoisotopic (exact) mass is 198 g/mol. The predicted molar refractivity (Wildman–Crippen MR) is 53.9 cm³/mol. The minimum atomic E-state index is -0.240. The maximum Gasteiger partial charge on any atom is 0.330 e. The number of ether oxygens (including phenoxy) is 2. The highest BCUT2D eigenvalue weighted by Gasteiger charge is 2.16. The second-order valence-corrected chi connectivity index (χ2v) is 3.55. The van der Waals surface area contributed by atoms with E-state index in [2.05, 4.69) is 0 Å². The predicted octanol–water partition coefficient (Wildman–Crippen LogP) is 1.92. The van der Waals surface area contributed by atoms with E-state index in [9.17, 15) is 4.79 Å². The van der Waals surface area contributed by atoms with Gasteiger partial charge in [-0.05, 0) is 26.7 Å². The van der Waals surface area contributed by atoms with E-state index in [4.69, 9.17) is 9.47 Å². The van der Waals surface area contributed by atoms with Crippen molar-refractivity contribution in [2.45, 2.75) is 26.7 Å². The zero-order valence-electron chi connectivity index (χ0n) is 8.91. The van der Waals surface area contributed by atoms with E-state index in [-0.39, 0.29) is 5.97 Å². The normalized spacial score (nSPS) is 23.3. The molecule has 3 nitrogen and oxygen atoms in total. The van der Waals surface area contributed by atoms with Crippen LogP contribution in [0.1, 0.15) is 26.7 Å². The molecular weight excluding hydrogens is 180 g/mol. The highest BCUT2D eigenvalue weighted by atomic mass is 16.5. The number of rotatable bonds is 3. The summed E-state index contributed by atoms with van der Waals surface area (Å²) in [6.45, 7) is 5.80. The molecule has 1 rings (SSSR count). The molecule has 1 atom stereocenters. The molecule has 0 N–H and O–H groups in total. The summed E-state index contributed by atoms with van der Waals surface area (Å²) in [4.78, 5) is 11.2. The molecule has 1 aliphatic heterocycles. The molecule has 14 heavy (non-hydrogen) atoms. The average Bonchev–Trinajstić information content (AvgIpc) is 2.19. The van der Waals surface area contributed by atoms with Crippen molar-refractivity contribution in [3.8, 4) is 0 Å². The van der Waals surface area contributed by atoms with Gasteiger partial charge in [-0.3, -0.25) is 0 Å². The Bertz CT molecular complexity index is 215. The Hall–Kier alpha value is -0.830. The quantitative estimate of drug-likeness (QED) is 0.513. The van der Waals surface area contributed by atoms with Gasteiger partial charge >= 0.3 is 5.97 Å². The lowest BCUT2D eigenvalue weighted by Crippen LogP contribution is -2.18. The second-order valence-electron chi connectivity index (χ2n) is 3.55. The second kappa shape index (κ2) is 5.81. The molecule has 1 aliphatic rings. The van der Waals surface area contributed by atoms with Crippen molar-refractivity contribution in [2.75, 3.05) is 19.8 Å². The molecule has 0 aromatic heterocycles. The molecule has 0 aromatic carbocycles. The van der Waals surface area contributed by atoms with E-state index in [0.29, 0.717) is 12.5 Å². The zero-order chi connectivity index (χ0) is 10.4. The molecule has 0 amide bonds. The molecule has 1 fully saturated rings.